The van der Waals surface area contributed by atoms with Gasteiger partial charge < -0.3 is 19.9 Å². The van der Waals surface area contributed by atoms with Crippen LogP contribution in [0.3, 0.4) is 0 Å². The third kappa shape index (κ3) is 3.22. The second-order valence-corrected chi connectivity index (χ2v) is 5.00. The zero-order valence-electron chi connectivity index (χ0n) is 11.9. The number of rotatable bonds is 6. The summed E-state index contributed by atoms with van der Waals surface area (Å²) in [5, 5.41) is 12.9. The van der Waals surface area contributed by atoms with E-state index >= 15 is 0 Å². The van der Waals surface area contributed by atoms with Gasteiger partial charge in [0.15, 0.2) is 11.5 Å². The molecule has 0 bridgehead atoms. The Labute approximate surface area is 118 Å². The van der Waals surface area contributed by atoms with Crippen molar-refractivity contribution >= 4 is 5.91 Å². The van der Waals surface area contributed by atoms with E-state index in [2.05, 4.69) is 5.32 Å². The highest BCUT2D eigenvalue weighted by Crippen LogP contribution is 2.30. The molecule has 1 aliphatic carbocycles. The Morgan fingerprint density at radius 2 is 2.05 bits per heavy atom. The van der Waals surface area contributed by atoms with Crippen molar-refractivity contribution in [2.45, 2.75) is 25.4 Å². The second kappa shape index (κ2) is 6.61. The molecule has 1 fully saturated rings. The molecule has 5 heteroatoms. The molecule has 1 aromatic carbocycles. The Balaban J connectivity index is 1.94. The van der Waals surface area contributed by atoms with E-state index in [9.17, 15) is 9.90 Å². The number of amides is 1. The lowest BCUT2D eigenvalue weighted by Gasteiger charge is -2.24. The van der Waals surface area contributed by atoms with Crippen molar-refractivity contribution in [2.75, 3.05) is 20.8 Å². The summed E-state index contributed by atoms with van der Waals surface area (Å²) >= 11 is 0. The first-order valence-corrected chi connectivity index (χ1v) is 6.83. The number of benzene rings is 1. The summed E-state index contributed by atoms with van der Waals surface area (Å²) in [5.41, 5.74) is 0.691. The third-order valence-electron chi connectivity index (χ3n) is 3.74. The van der Waals surface area contributed by atoms with Gasteiger partial charge in [0.1, 0.15) is 0 Å². The van der Waals surface area contributed by atoms with Crippen LogP contribution in [0.15, 0.2) is 18.2 Å². The lowest BCUT2D eigenvalue weighted by atomic mass is 9.85. The van der Waals surface area contributed by atoms with Crippen LogP contribution in [0.1, 0.15) is 30.9 Å². The highest BCUT2D eigenvalue weighted by molar-refractivity contribution is 5.79. The maximum absolute atomic E-state index is 11.7. The van der Waals surface area contributed by atoms with Crippen LogP contribution in [0.4, 0.5) is 0 Å². The molecular formula is C15H21NO4. The number of carbonyl (C=O) groups excluding carboxylic acids is 1. The summed E-state index contributed by atoms with van der Waals surface area (Å²) in [4.78, 5) is 11.7. The molecule has 0 spiro atoms. The maximum atomic E-state index is 11.7. The fraction of sp³-hybridized carbons (Fsp3) is 0.533. The van der Waals surface area contributed by atoms with Crippen molar-refractivity contribution in [3.8, 4) is 11.5 Å². The number of aliphatic hydroxyl groups excluding tert-OH is 1. The highest BCUT2D eigenvalue weighted by atomic mass is 16.5. The van der Waals surface area contributed by atoms with Gasteiger partial charge in [-0.25, -0.2) is 0 Å². The molecule has 1 aromatic rings. The van der Waals surface area contributed by atoms with Gasteiger partial charge in [0.05, 0.1) is 20.3 Å². The molecule has 1 amide bonds. The van der Waals surface area contributed by atoms with Gasteiger partial charge in [-0.3, -0.25) is 4.79 Å². The molecule has 2 N–H and O–H groups in total. The first-order chi connectivity index (χ1) is 9.65. The molecule has 0 aromatic heterocycles. The Kier molecular flexibility index (Phi) is 4.84. The molecule has 110 valence electrons. The topological polar surface area (TPSA) is 67.8 Å². The lowest BCUT2D eigenvalue weighted by Crippen LogP contribution is -2.36. The van der Waals surface area contributed by atoms with Crippen molar-refractivity contribution in [1.82, 2.24) is 5.32 Å². The number of methoxy groups -OCH3 is 2. The van der Waals surface area contributed by atoms with Crippen LogP contribution in [0.25, 0.3) is 0 Å². The smallest absolute Gasteiger partial charge is 0.223 e. The lowest BCUT2D eigenvalue weighted by molar-refractivity contribution is -0.127. The van der Waals surface area contributed by atoms with Gasteiger partial charge in [-0.05, 0) is 30.5 Å². The molecule has 2 rings (SSSR count). The van der Waals surface area contributed by atoms with Crippen LogP contribution in [0.2, 0.25) is 0 Å². The molecule has 1 unspecified atom stereocenters. The first kappa shape index (κ1) is 14.7. The zero-order chi connectivity index (χ0) is 14.5. The van der Waals surface area contributed by atoms with E-state index in [0.29, 0.717) is 17.1 Å². The van der Waals surface area contributed by atoms with Crippen molar-refractivity contribution in [3.63, 3.8) is 0 Å². The van der Waals surface area contributed by atoms with Crippen molar-refractivity contribution in [2.24, 2.45) is 5.92 Å². The van der Waals surface area contributed by atoms with Crippen molar-refractivity contribution in [3.05, 3.63) is 23.8 Å². The van der Waals surface area contributed by atoms with Crippen LogP contribution in [0.5, 0.6) is 11.5 Å². The predicted octanol–water partition coefficient (Wildman–Crippen LogP) is 1.65. The van der Waals surface area contributed by atoms with E-state index < -0.39 is 6.10 Å². The van der Waals surface area contributed by atoms with E-state index in [1.807, 2.05) is 0 Å². The molecule has 0 radical (unpaired) electrons. The van der Waals surface area contributed by atoms with Gasteiger partial charge in [0, 0.05) is 12.5 Å². The number of ether oxygens (including phenoxy) is 2. The molecule has 0 aliphatic heterocycles. The summed E-state index contributed by atoms with van der Waals surface area (Å²) in [6, 6.07) is 5.23. The van der Waals surface area contributed by atoms with Crippen LogP contribution in [0, 0.1) is 5.92 Å². The van der Waals surface area contributed by atoms with Gasteiger partial charge in [0.25, 0.3) is 0 Å². The average Bonchev–Trinajstić information content (AvgIpc) is 2.42. The second-order valence-electron chi connectivity index (χ2n) is 5.00. The molecule has 20 heavy (non-hydrogen) atoms. The van der Waals surface area contributed by atoms with Gasteiger partial charge in [-0.15, -0.1) is 0 Å². The molecule has 0 saturated heterocycles. The molecule has 0 heterocycles. The third-order valence-corrected chi connectivity index (χ3v) is 3.74. The van der Waals surface area contributed by atoms with E-state index in [0.717, 1.165) is 19.3 Å². The van der Waals surface area contributed by atoms with Crippen molar-refractivity contribution < 1.29 is 19.4 Å². The summed E-state index contributed by atoms with van der Waals surface area (Å²) in [6.45, 7) is 0.213. The van der Waals surface area contributed by atoms with Crippen LogP contribution >= 0.6 is 0 Å². The largest absolute Gasteiger partial charge is 0.493 e. The van der Waals surface area contributed by atoms with E-state index in [1.54, 1.807) is 32.4 Å². The van der Waals surface area contributed by atoms with E-state index in [-0.39, 0.29) is 18.4 Å². The minimum Gasteiger partial charge on any atom is -0.493 e. The average molecular weight is 279 g/mol. The molecule has 1 aliphatic rings. The summed E-state index contributed by atoms with van der Waals surface area (Å²) in [7, 11) is 3.11. The van der Waals surface area contributed by atoms with Gasteiger partial charge >= 0.3 is 0 Å². The van der Waals surface area contributed by atoms with Crippen LogP contribution in [-0.2, 0) is 4.79 Å². The predicted molar refractivity (Wildman–Crippen MR) is 74.9 cm³/mol. The number of aliphatic hydroxyl groups is 1. The molecule has 1 saturated carbocycles. The quantitative estimate of drug-likeness (QED) is 0.831. The Morgan fingerprint density at radius 1 is 1.35 bits per heavy atom. The number of nitrogens with one attached hydrogen (secondary N) is 1. The van der Waals surface area contributed by atoms with E-state index in [1.165, 1.54) is 0 Å². The highest BCUT2D eigenvalue weighted by Gasteiger charge is 2.25. The van der Waals surface area contributed by atoms with Crippen molar-refractivity contribution in [1.29, 1.82) is 0 Å². The Morgan fingerprint density at radius 3 is 2.60 bits per heavy atom. The van der Waals surface area contributed by atoms with E-state index in [4.69, 9.17) is 9.47 Å². The number of hydrogen-bond acceptors (Lipinski definition) is 4. The monoisotopic (exact) mass is 279 g/mol. The summed E-state index contributed by atoms with van der Waals surface area (Å²) < 4.78 is 10.3. The van der Waals surface area contributed by atoms with Gasteiger partial charge in [-0.1, -0.05) is 12.5 Å². The molecular weight excluding hydrogens is 258 g/mol. The summed E-state index contributed by atoms with van der Waals surface area (Å²) in [6.07, 6.45) is 2.28. The standard InChI is InChI=1S/C15H21NO4/c1-19-13-7-6-11(8-14(13)20-2)12(17)9-16-15(18)10-4-3-5-10/h6-8,10,12,17H,3-5,9H2,1-2H3,(H,16,18). The number of hydrogen-bond donors (Lipinski definition) is 2. The Hall–Kier alpha value is -1.75. The van der Waals surface area contributed by atoms with Gasteiger partial charge in [-0.2, -0.15) is 0 Å². The summed E-state index contributed by atoms with van der Waals surface area (Å²) in [5.74, 6) is 1.35. The van der Waals surface area contributed by atoms with Crippen LogP contribution in [-0.4, -0.2) is 31.8 Å². The minimum atomic E-state index is -0.751. The van der Waals surface area contributed by atoms with Gasteiger partial charge in [0.2, 0.25) is 5.91 Å². The SMILES string of the molecule is COc1ccc(C(O)CNC(=O)C2CCC2)cc1OC. The molecule has 1 atom stereocenters. The minimum absolute atomic E-state index is 0.0378. The number of carbonyl (C=O) groups is 1. The normalized spacial score (nSPS) is 16.1. The first-order valence-electron chi connectivity index (χ1n) is 6.83. The maximum Gasteiger partial charge on any atom is 0.223 e. The fourth-order valence-electron chi connectivity index (χ4n) is 2.19. The van der Waals surface area contributed by atoms with Crippen LogP contribution < -0.4 is 14.8 Å². The zero-order valence-corrected chi connectivity index (χ0v) is 11.9. The molecule has 5 nitrogen and oxygen atoms in total. The Bertz CT molecular complexity index is 471. The fourth-order valence-corrected chi connectivity index (χ4v) is 2.19.